The van der Waals surface area contributed by atoms with E-state index in [1.165, 1.54) is 6.92 Å². The number of hydroxylamine groups is 1. The van der Waals surface area contributed by atoms with Gasteiger partial charge in [-0.25, -0.2) is 0 Å². The van der Waals surface area contributed by atoms with Gasteiger partial charge in [0.15, 0.2) is 0 Å². The normalized spacial score (nSPS) is 13.1. The molecule has 0 aromatic carbocycles. The first-order valence-corrected chi connectivity index (χ1v) is 3.80. The van der Waals surface area contributed by atoms with Crippen LogP contribution in [-0.4, -0.2) is 24.2 Å². The molecular formula is C6H13NO2S. The molecule has 0 unspecified atom stereocenters. The van der Waals surface area contributed by atoms with Gasteiger partial charge in [-0.05, 0) is 13.8 Å². The Morgan fingerprint density at radius 1 is 1.80 bits per heavy atom. The molecule has 0 saturated carbocycles. The highest BCUT2D eigenvalue weighted by atomic mass is 32.1. The van der Waals surface area contributed by atoms with Gasteiger partial charge in [0.2, 0.25) is 0 Å². The van der Waals surface area contributed by atoms with Gasteiger partial charge in [-0.1, -0.05) is 0 Å². The van der Waals surface area contributed by atoms with Crippen molar-refractivity contribution in [3.63, 3.8) is 0 Å². The van der Waals surface area contributed by atoms with Crippen LogP contribution in [0.4, 0.5) is 0 Å². The summed E-state index contributed by atoms with van der Waals surface area (Å²) in [4.78, 5) is 15.4. The zero-order valence-electron chi connectivity index (χ0n) is 6.26. The fourth-order valence-corrected chi connectivity index (χ4v) is 0.404. The third kappa shape index (κ3) is 4.78. The molecule has 0 radical (unpaired) electrons. The lowest BCUT2D eigenvalue weighted by Crippen LogP contribution is -2.32. The molecule has 0 saturated heterocycles. The molecule has 0 aliphatic rings. The van der Waals surface area contributed by atoms with Crippen LogP contribution in [0.5, 0.6) is 0 Å². The van der Waals surface area contributed by atoms with Crippen molar-refractivity contribution < 1.29 is 9.63 Å². The molecule has 0 aromatic rings. The maximum absolute atomic E-state index is 10.6. The Balaban J connectivity index is 3.21. The predicted molar refractivity (Wildman–Crippen MR) is 43.1 cm³/mol. The number of carbonyl (C=O) groups excluding carboxylic acids is 1. The van der Waals surface area contributed by atoms with Gasteiger partial charge in [0.25, 0.3) is 0 Å². The predicted octanol–water partition coefficient (Wildman–Crippen LogP) is 0.415. The second-order valence-corrected chi connectivity index (χ2v) is 2.47. The van der Waals surface area contributed by atoms with Crippen LogP contribution >= 0.6 is 12.6 Å². The summed E-state index contributed by atoms with van der Waals surface area (Å²) in [7, 11) is 0. The number of ketones is 1. The van der Waals surface area contributed by atoms with E-state index in [2.05, 4.69) is 18.1 Å². The largest absolute Gasteiger partial charge is 0.300 e. The molecule has 4 heteroatoms. The summed E-state index contributed by atoms with van der Waals surface area (Å²) in [6, 6.07) is -0.222. The summed E-state index contributed by atoms with van der Waals surface area (Å²) in [6.07, 6.45) is 0. The first-order chi connectivity index (χ1) is 4.68. The Morgan fingerprint density at radius 2 is 2.40 bits per heavy atom. The molecule has 1 atom stereocenters. The molecule has 0 amide bonds. The smallest absolute Gasteiger partial charge is 0.148 e. The summed E-state index contributed by atoms with van der Waals surface area (Å²) in [6.45, 7) is 3.78. The maximum Gasteiger partial charge on any atom is 0.148 e. The summed E-state index contributed by atoms with van der Waals surface area (Å²) in [5.41, 5.74) is 2.58. The lowest BCUT2D eigenvalue weighted by molar-refractivity contribution is -0.122. The van der Waals surface area contributed by atoms with Gasteiger partial charge in [-0.3, -0.25) is 4.79 Å². The molecule has 10 heavy (non-hydrogen) atoms. The number of hydrogen-bond donors (Lipinski definition) is 2. The van der Waals surface area contributed by atoms with Crippen molar-refractivity contribution in [1.82, 2.24) is 5.48 Å². The minimum atomic E-state index is -0.222. The fraction of sp³-hybridized carbons (Fsp3) is 0.833. The third-order valence-electron chi connectivity index (χ3n) is 1.06. The summed E-state index contributed by atoms with van der Waals surface area (Å²) >= 11 is 3.92. The standard InChI is InChI=1S/C6H13NO2S/c1-5(6(2)8)7-9-3-4-10/h5,7,10H,3-4H2,1-2H3/t5-/m1/s1. The quantitative estimate of drug-likeness (QED) is 0.350. The van der Waals surface area contributed by atoms with Crippen LogP contribution in [0.25, 0.3) is 0 Å². The highest BCUT2D eigenvalue weighted by molar-refractivity contribution is 7.80. The number of carbonyl (C=O) groups is 1. The molecule has 0 aromatic heterocycles. The lowest BCUT2D eigenvalue weighted by atomic mass is 10.3. The van der Waals surface area contributed by atoms with E-state index in [0.29, 0.717) is 12.4 Å². The molecule has 0 bridgehead atoms. The van der Waals surface area contributed by atoms with Gasteiger partial charge in [0.05, 0.1) is 12.6 Å². The van der Waals surface area contributed by atoms with E-state index >= 15 is 0 Å². The van der Waals surface area contributed by atoms with Gasteiger partial charge in [0.1, 0.15) is 5.78 Å². The minimum absolute atomic E-state index is 0.0687. The Morgan fingerprint density at radius 3 is 2.80 bits per heavy atom. The lowest BCUT2D eigenvalue weighted by Gasteiger charge is -2.08. The molecule has 60 valence electrons. The first kappa shape index (κ1) is 9.94. The molecule has 0 rings (SSSR count). The van der Waals surface area contributed by atoms with E-state index in [0.717, 1.165) is 0 Å². The van der Waals surface area contributed by atoms with Gasteiger partial charge in [0, 0.05) is 5.75 Å². The molecule has 1 N–H and O–H groups in total. The second kappa shape index (κ2) is 5.70. The number of Topliss-reactive ketones (excluding diaryl/α,β-unsaturated/α-hetero) is 1. The van der Waals surface area contributed by atoms with E-state index in [4.69, 9.17) is 4.84 Å². The fourth-order valence-electron chi connectivity index (χ4n) is 0.313. The van der Waals surface area contributed by atoms with Crippen molar-refractivity contribution in [3.05, 3.63) is 0 Å². The number of hydrogen-bond acceptors (Lipinski definition) is 4. The molecule has 0 heterocycles. The third-order valence-corrected chi connectivity index (χ3v) is 1.25. The zero-order chi connectivity index (χ0) is 7.98. The minimum Gasteiger partial charge on any atom is -0.300 e. The molecule has 0 aliphatic carbocycles. The number of nitrogens with one attached hydrogen (secondary N) is 1. The highest BCUT2D eigenvalue weighted by Gasteiger charge is 2.04. The van der Waals surface area contributed by atoms with Crippen molar-refractivity contribution in [1.29, 1.82) is 0 Å². The maximum atomic E-state index is 10.6. The Labute approximate surface area is 66.5 Å². The Hall–Kier alpha value is -0.0600. The SMILES string of the molecule is CC(=O)[C@@H](C)NOCCS. The topological polar surface area (TPSA) is 38.3 Å². The van der Waals surface area contributed by atoms with Gasteiger partial charge in [-0.15, -0.1) is 0 Å². The average Bonchev–Trinajstić information content (AvgIpc) is 1.88. The summed E-state index contributed by atoms with van der Waals surface area (Å²) in [5.74, 6) is 0.719. The zero-order valence-corrected chi connectivity index (χ0v) is 7.15. The van der Waals surface area contributed by atoms with Gasteiger partial charge in [-0.2, -0.15) is 18.1 Å². The Kier molecular flexibility index (Phi) is 5.67. The van der Waals surface area contributed by atoms with E-state index < -0.39 is 0 Å². The monoisotopic (exact) mass is 163 g/mol. The van der Waals surface area contributed by atoms with Crippen LogP contribution in [0.3, 0.4) is 0 Å². The van der Waals surface area contributed by atoms with Crippen LogP contribution < -0.4 is 5.48 Å². The van der Waals surface area contributed by atoms with Crippen molar-refractivity contribution in [2.45, 2.75) is 19.9 Å². The van der Waals surface area contributed by atoms with Crippen LogP contribution in [-0.2, 0) is 9.63 Å². The second-order valence-electron chi connectivity index (χ2n) is 2.02. The van der Waals surface area contributed by atoms with Gasteiger partial charge >= 0.3 is 0 Å². The first-order valence-electron chi connectivity index (χ1n) is 3.17. The molecule has 0 fully saturated rings. The van der Waals surface area contributed by atoms with Crippen molar-refractivity contribution in [2.24, 2.45) is 0 Å². The number of thiol groups is 1. The molecule has 0 spiro atoms. The van der Waals surface area contributed by atoms with Crippen LogP contribution in [0.1, 0.15) is 13.8 Å². The van der Waals surface area contributed by atoms with E-state index in [9.17, 15) is 4.79 Å². The molecule has 3 nitrogen and oxygen atoms in total. The van der Waals surface area contributed by atoms with Crippen LogP contribution in [0.2, 0.25) is 0 Å². The van der Waals surface area contributed by atoms with Crippen LogP contribution in [0.15, 0.2) is 0 Å². The van der Waals surface area contributed by atoms with Gasteiger partial charge < -0.3 is 4.84 Å². The highest BCUT2D eigenvalue weighted by Crippen LogP contribution is 1.83. The van der Waals surface area contributed by atoms with Crippen molar-refractivity contribution in [3.8, 4) is 0 Å². The summed E-state index contributed by atoms with van der Waals surface area (Å²) in [5, 5.41) is 0. The Bertz CT molecular complexity index is 108. The van der Waals surface area contributed by atoms with E-state index in [-0.39, 0.29) is 11.8 Å². The summed E-state index contributed by atoms with van der Waals surface area (Å²) < 4.78 is 0. The molecule has 0 aliphatic heterocycles. The molecular weight excluding hydrogens is 150 g/mol. The van der Waals surface area contributed by atoms with E-state index in [1.54, 1.807) is 6.92 Å². The van der Waals surface area contributed by atoms with Crippen molar-refractivity contribution in [2.75, 3.05) is 12.4 Å². The van der Waals surface area contributed by atoms with Crippen LogP contribution in [0, 0.1) is 0 Å². The van der Waals surface area contributed by atoms with E-state index in [1.807, 2.05) is 0 Å². The van der Waals surface area contributed by atoms with Crippen molar-refractivity contribution >= 4 is 18.4 Å². The average molecular weight is 163 g/mol. The number of rotatable bonds is 5.